The highest BCUT2D eigenvalue weighted by atomic mass is 35.5. The van der Waals surface area contributed by atoms with Crippen LogP contribution in [-0.4, -0.2) is 29.5 Å². The molecule has 1 aliphatic carbocycles. The molecule has 0 radical (unpaired) electrons. The summed E-state index contributed by atoms with van der Waals surface area (Å²) >= 11 is 6.38. The van der Waals surface area contributed by atoms with Gasteiger partial charge in [0.2, 0.25) is 5.92 Å². The number of aromatic nitrogens is 1. The smallest absolute Gasteiger partial charge is 0.248 e. The van der Waals surface area contributed by atoms with Crippen LogP contribution in [0.25, 0.3) is 10.9 Å². The van der Waals surface area contributed by atoms with E-state index in [0.717, 1.165) is 17.3 Å². The topological polar surface area (TPSA) is 31.2 Å². The Balaban J connectivity index is 1.55. The third kappa shape index (κ3) is 3.39. The second-order valence-corrected chi connectivity index (χ2v) is 7.96. The molecule has 2 heterocycles. The first kappa shape index (κ1) is 17.9. The number of halogens is 3. The number of ether oxygens (including phenoxy) is 1. The second-order valence-electron chi connectivity index (χ2n) is 7.56. The molecule has 0 spiro atoms. The van der Waals surface area contributed by atoms with Crippen LogP contribution < -0.4 is 0 Å². The Morgan fingerprint density at radius 1 is 1.35 bits per heavy atom. The van der Waals surface area contributed by atoms with Crippen LogP contribution in [0.5, 0.6) is 0 Å². The maximum atomic E-state index is 13.6. The Kier molecular flexibility index (Phi) is 4.78. The molecule has 3 nitrogen and oxygen atoms in total. The lowest BCUT2D eigenvalue weighted by Crippen LogP contribution is -2.30. The van der Waals surface area contributed by atoms with Gasteiger partial charge in [-0.15, -0.1) is 0 Å². The number of ketones is 1. The summed E-state index contributed by atoms with van der Waals surface area (Å²) in [5.74, 6) is -2.67. The summed E-state index contributed by atoms with van der Waals surface area (Å²) in [6.45, 7) is 1.25. The molecule has 0 amide bonds. The lowest BCUT2D eigenvalue weighted by molar-refractivity contribution is -0.0535. The van der Waals surface area contributed by atoms with Crippen LogP contribution in [0.15, 0.2) is 24.4 Å². The molecule has 0 unspecified atom stereocenters. The molecule has 1 aromatic carbocycles. The monoisotopic (exact) mass is 381 g/mol. The number of carbonyl (C=O) groups is 1. The van der Waals surface area contributed by atoms with Crippen molar-refractivity contribution in [1.82, 2.24) is 4.57 Å². The van der Waals surface area contributed by atoms with Gasteiger partial charge in [-0.05, 0) is 30.9 Å². The van der Waals surface area contributed by atoms with Gasteiger partial charge in [-0.1, -0.05) is 24.1 Å². The van der Waals surface area contributed by atoms with Crippen LogP contribution in [0.4, 0.5) is 8.78 Å². The van der Waals surface area contributed by atoms with E-state index in [1.54, 1.807) is 6.07 Å². The lowest BCUT2D eigenvalue weighted by atomic mass is 9.83. The second kappa shape index (κ2) is 6.93. The van der Waals surface area contributed by atoms with Gasteiger partial charge in [0.1, 0.15) is 0 Å². The number of carbonyl (C=O) groups excluding carboxylic acids is 1. The van der Waals surface area contributed by atoms with Crippen molar-refractivity contribution in [2.75, 3.05) is 13.2 Å². The third-order valence-corrected chi connectivity index (χ3v) is 5.96. The molecule has 140 valence electrons. The zero-order chi connectivity index (χ0) is 18.3. The van der Waals surface area contributed by atoms with Gasteiger partial charge in [-0.3, -0.25) is 4.79 Å². The van der Waals surface area contributed by atoms with E-state index in [4.69, 9.17) is 16.3 Å². The number of hydrogen-bond donors (Lipinski definition) is 0. The van der Waals surface area contributed by atoms with Gasteiger partial charge >= 0.3 is 0 Å². The summed E-state index contributed by atoms with van der Waals surface area (Å²) in [5, 5.41) is 1.31. The molecule has 1 aliphatic heterocycles. The first-order valence-electron chi connectivity index (χ1n) is 9.22. The minimum absolute atomic E-state index is 0.0176. The molecule has 2 aliphatic rings. The molecule has 2 aromatic rings. The van der Waals surface area contributed by atoms with Crippen molar-refractivity contribution in [3.8, 4) is 0 Å². The molecule has 1 atom stereocenters. The maximum Gasteiger partial charge on any atom is 0.248 e. The zero-order valence-corrected chi connectivity index (χ0v) is 15.3. The van der Waals surface area contributed by atoms with Gasteiger partial charge in [0.05, 0.1) is 29.8 Å². The van der Waals surface area contributed by atoms with E-state index < -0.39 is 5.92 Å². The first-order valence-corrected chi connectivity index (χ1v) is 9.60. The predicted molar refractivity (Wildman–Crippen MR) is 97.3 cm³/mol. The van der Waals surface area contributed by atoms with Crippen molar-refractivity contribution >= 4 is 28.3 Å². The van der Waals surface area contributed by atoms with Crippen molar-refractivity contribution in [3.05, 3.63) is 35.0 Å². The fraction of sp³-hybridized carbons (Fsp3) is 0.550. The minimum atomic E-state index is -2.57. The number of benzene rings is 1. The quantitative estimate of drug-likeness (QED) is 0.626. The van der Waals surface area contributed by atoms with Crippen LogP contribution in [-0.2, 0) is 4.74 Å². The SMILES string of the molecule is O=C(CC[C@H]1CCCC(F)(F)C1)c1cn(C2COC2)c2cccc(Cl)c12. The molecule has 1 saturated heterocycles. The molecule has 1 aromatic heterocycles. The van der Waals surface area contributed by atoms with Crippen LogP contribution in [0, 0.1) is 5.92 Å². The molecular weight excluding hydrogens is 360 g/mol. The Morgan fingerprint density at radius 3 is 2.85 bits per heavy atom. The number of Topliss-reactive ketones (excluding diaryl/α,β-unsaturated/α-hetero) is 1. The summed E-state index contributed by atoms with van der Waals surface area (Å²) in [4.78, 5) is 12.9. The highest BCUT2D eigenvalue weighted by Crippen LogP contribution is 2.39. The van der Waals surface area contributed by atoms with Crippen molar-refractivity contribution in [2.45, 2.75) is 50.5 Å². The van der Waals surface area contributed by atoms with Gasteiger partial charge in [-0.2, -0.15) is 0 Å². The highest BCUT2D eigenvalue weighted by Gasteiger charge is 2.36. The third-order valence-electron chi connectivity index (χ3n) is 5.64. The number of nitrogens with zero attached hydrogens (tertiary/aromatic N) is 1. The molecule has 26 heavy (non-hydrogen) atoms. The highest BCUT2D eigenvalue weighted by molar-refractivity contribution is 6.37. The Hall–Kier alpha value is -1.46. The van der Waals surface area contributed by atoms with Gasteiger partial charge in [0.25, 0.3) is 0 Å². The standard InChI is InChI=1S/C20H22ClF2NO2/c21-16-4-1-5-17-19(16)15(10-24(17)14-11-26-12-14)18(25)7-6-13-3-2-8-20(22,23)9-13/h1,4-5,10,13-14H,2-3,6-9,11-12H2/t13-/m1/s1. The van der Waals surface area contributed by atoms with Gasteiger partial charge in [0.15, 0.2) is 5.78 Å². The van der Waals surface area contributed by atoms with E-state index in [-0.39, 0.29) is 37.0 Å². The number of hydrogen-bond acceptors (Lipinski definition) is 2. The van der Waals surface area contributed by atoms with Gasteiger partial charge in [-0.25, -0.2) is 8.78 Å². The normalized spacial score (nSPS) is 23.1. The van der Waals surface area contributed by atoms with E-state index in [0.29, 0.717) is 36.6 Å². The fourth-order valence-corrected chi connectivity index (χ4v) is 4.43. The average Bonchev–Trinajstić information content (AvgIpc) is 2.91. The number of fused-ring (bicyclic) bond motifs is 1. The molecular formula is C20H22ClF2NO2. The number of alkyl halides is 2. The van der Waals surface area contributed by atoms with Crippen LogP contribution in [0.1, 0.15) is 54.9 Å². The van der Waals surface area contributed by atoms with E-state index in [9.17, 15) is 13.6 Å². The van der Waals surface area contributed by atoms with E-state index in [1.807, 2.05) is 18.3 Å². The molecule has 4 rings (SSSR count). The largest absolute Gasteiger partial charge is 0.377 e. The summed E-state index contributed by atoms with van der Waals surface area (Å²) in [6, 6.07) is 5.83. The van der Waals surface area contributed by atoms with E-state index in [1.165, 1.54) is 0 Å². The van der Waals surface area contributed by atoms with E-state index >= 15 is 0 Å². The van der Waals surface area contributed by atoms with E-state index in [2.05, 4.69) is 4.57 Å². The zero-order valence-electron chi connectivity index (χ0n) is 14.5. The Bertz CT molecular complexity index is 829. The summed E-state index contributed by atoms with van der Waals surface area (Å²) < 4.78 is 34.5. The molecule has 0 bridgehead atoms. The molecule has 2 fully saturated rings. The number of rotatable bonds is 5. The minimum Gasteiger partial charge on any atom is -0.377 e. The van der Waals surface area contributed by atoms with Crippen molar-refractivity contribution in [1.29, 1.82) is 0 Å². The van der Waals surface area contributed by atoms with Crippen molar-refractivity contribution < 1.29 is 18.3 Å². The summed E-state index contributed by atoms with van der Waals surface area (Å²) in [7, 11) is 0. The summed E-state index contributed by atoms with van der Waals surface area (Å²) in [5.41, 5.74) is 1.53. The van der Waals surface area contributed by atoms with Gasteiger partial charge in [0, 0.05) is 36.4 Å². The predicted octanol–water partition coefficient (Wildman–Crippen LogP) is 5.65. The Labute approximate surface area is 156 Å². The van der Waals surface area contributed by atoms with Crippen LogP contribution in [0.2, 0.25) is 5.02 Å². The maximum absolute atomic E-state index is 13.6. The van der Waals surface area contributed by atoms with Gasteiger partial charge < -0.3 is 9.30 Å². The summed E-state index contributed by atoms with van der Waals surface area (Å²) in [6.07, 6.45) is 3.86. The van der Waals surface area contributed by atoms with Crippen molar-refractivity contribution in [3.63, 3.8) is 0 Å². The van der Waals surface area contributed by atoms with Crippen molar-refractivity contribution in [2.24, 2.45) is 5.92 Å². The Morgan fingerprint density at radius 2 is 2.15 bits per heavy atom. The molecule has 6 heteroatoms. The fourth-order valence-electron chi connectivity index (χ4n) is 4.16. The first-order chi connectivity index (χ1) is 12.4. The lowest BCUT2D eigenvalue weighted by Gasteiger charge is -2.28. The average molecular weight is 382 g/mol. The van der Waals surface area contributed by atoms with Crippen LogP contribution >= 0.6 is 11.6 Å². The van der Waals surface area contributed by atoms with Crippen LogP contribution in [0.3, 0.4) is 0 Å². The molecule has 0 N–H and O–H groups in total. The molecule has 1 saturated carbocycles.